The number of aromatic nitrogens is 1. The van der Waals surface area contributed by atoms with Gasteiger partial charge < -0.3 is 4.90 Å². The zero-order chi connectivity index (χ0) is 15.5. The van der Waals surface area contributed by atoms with Crippen LogP contribution in [0.5, 0.6) is 0 Å². The van der Waals surface area contributed by atoms with E-state index in [1.54, 1.807) is 11.8 Å². The van der Waals surface area contributed by atoms with Crippen molar-refractivity contribution in [3.05, 3.63) is 47.0 Å². The molecule has 1 aliphatic heterocycles. The van der Waals surface area contributed by atoms with Gasteiger partial charge in [0.1, 0.15) is 10.0 Å². The first kappa shape index (κ1) is 15.5. The Hall–Kier alpha value is -1.37. The molecule has 0 bridgehead atoms. The molecule has 3 rings (SSSR count). The zero-order valence-corrected chi connectivity index (χ0v) is 14.4. The number of piperazine rings is 1. The number of amides is 1. The normalized spacial score (nSPS) is 19.4. The number of nitrogens with zero attached hydrogens (tertiary/aromatic N) is 3. The number of hydrogen-bond acceptors (Lipinski definition) is 5. The summed E-state index contributed by atoms with van der Waals surface area (Å²) in [6, 6.07) is 10.6. The van der Waals surface area contributed by atoms with Gasteiger partial charge in [0.25, 0.3) is 5.91 Å². The molecule has 1 fully saturated rings. The third-order valence-corrected chi connectivity index (χ3v) is 5.86. The van der Waals surface area contributed by atoms with E-state index < -0.39 is 0 Å². The highest BCUT2D eigenvalue weighted by atomic mass is 32.2. The van der Waals surface area contributed by atoms with E-state index in [-0.39, 0.29) is 11.9 Å². The smallest absolute Gasteiger partial charge is 0.273 e. The molecule has 2 heterocycles. The van der Waals surface area contributed by atoms with Gasteiger partial charge in [-0.3, -0.25) is 9.69 Å². The minimum Gasteiger partial charge on any atom is -0.334 e. The van der Waals surface area contributed by atoms with Crippen LogP contribution < -0.4 is 0 Å². The molecule has 1 unspecified atom stereocenters. The SMILES string of the molecule is CSc1nc(C(=O)N2CCN(C)C(c3ccccc3)C2)cs1. The molecular formula is C16H19N3OS2. The average Bonchev–Trinajstić information content (AvgIpc) is 3.04. The largest absolute Gasteiger partial charge is 0.334 e. The molecule has 0 radical (unpaired) electrons. The molecule has 1 aliphatic rings. The van der Waals surface area contributed by atoms with Gasteiger partial charge in [0.05, 0.1) is 6.04 Å². The van der Waals surface area contributed by atoms with Gasteiger partial charge in [-0.05, 0) is 18.9 Å². The summed E-state index contributed by atoms with van der Waals surface area (Å²) in [5, 5.41) is 1.87. The Kier molecular flexibility index (Phi) is 4.81. The van der Waals surface area contributed by atoms with Gasteiger partial charge in [-0.25, -0.2) is 4.98 Å². The van der Waals surface area contributed by atoms with Crippen LogP contribution in [0.3, 0.4) is 0 Å². The summed E-state index contributed by atoms with van der Waals surface area (Å²) in [5.74, 6) is 0.0468. The van der Waals surface area contributed by atoms with E-state index in [0.29, 0.717) is 12.2 Å². The van der Waals surface area contributed by atoms with Gasteiger partial charge >= 0.3 is 0 Å². The minimum absolute atomic E-state index is 0.0468. The van der Waals surface area contributed by atoms with Gasteiger partial charge in [0.2, 0.25) is 0 Å². The number of hydrogen-bond donors (Lipinski definition) is 0. The average molecular weight is 333 g/mol. The molecule has 116 valence electrons. The molecule has 0 spiro atoms. The number of likely N-dealkylation sites (N-methyl/N-ethyl adjacent to an activating group) is 1. The fourth-order valence-corrected chi connectivity index (χ4v) is 3.94. The van der Waals surface area contributed by atoms with Gasteiger partial charge in [-0.1, -0.05) is 42.1 Å². The molecule has 1 aromatic heterocycles. The number of thioether (sulfide) groups is 1. The summed E-state index contributed by atoms with van der Waals surface area (Å²) >= 11 is 3.11. The van der Waals surface area contributed by atoms with Crippen LogP contribution in [0.15, 0.2) is 40.1 Å². The van der Waals surface area contributed by atoms with Gasteiger partial charge in [-0.2, -0.15) is 0 Å². The van der Waals surface area contributed by atoms with Crippen molar-refractivity contribution < 1.29 is 4.79 Å². The molecular weight excluding hydrogens is 314 g/mol. The Morgan fingerprint density at radius 2 is 2.09 bits per heavy atom. The lowest BCUT2D eigenvalue weighted by molar-refractivity contribution is 0.0541. The lowest BCUT2D eigenvalue weighted by atomic mass is 10.0. The molecule has 1 saturated heterocycles. The Balaban J connectivity index is 1.76. The highest BCUT2D eigenvalue weighted by Crippen LogP contribution is 2.26. The molecule has 6 heteroatoms. The Bertz CT molecular complexity index is 644. The fraction of sp³-hybridized carbons (Fsp3) is 0.375. The van der Waals surface area contributed by atoms with Crippen LogP contribution in [0.4, 0.5) is 0 Å². The quantitative estimate of drug-likeness (QED) is 0.809. The number of carbonyl (C=O) groups excluding carboxylic acids is 1. The van der Waals surface area contributed by atoms with Crippen molar-refractivity contribution in [3.63, 3.8) is 0 Å². The molecule has 22 heavy (non-hydrogen) atoms. The van der Waals surface area contributed by atoms with Crippen LogP contribution in [0.2, 0.25) is 0 Å². The summed E-state index contributed by atoms with van der Waals surface area (Å²) in [5.41, 5.74) is 1.83. The van der Waals surface area contributed by atoms with Crippen molar-refractivity contribution in [2.24, 2.45) is 0 Å². The first-order valence-corrected chi connectivity index (χ1v) is 9.33. The minimum atomic E-state index is 0.0468. The maximum Gasteiger partial charge on any atom is 0.273 e. The predicted molar refractivity (Wildman–Crippen MR) is 91.6 cm³/mol. The van der Waals surface area contributed by atoms with Gasteiger partial charge in [0, 0.05) is 25.0 Å². The first-order chi connectivity index (χ1) is 10.7. The summed E-state index contributed by atoms with van der Waals surface area (Å²) < 4.78 is 0.942. The van der Waals surface area contributed by atoms with E-state index >= 15 is 0 Å². The molecule has 0 N–H and O–H groups in total. The van der Waals surface area contributed by atoms with Crippen molar-refractivity contribution >= 4 is 29.0 Å². The van der Waals surface area contributed by atoms with E-state index in [9.17, 15) is 4.79 Å². The molecule has 1 atom stereocenters. The number of thiazole rings is 1. The van der Waals surface area contributed by atoms with E-state index in [1.807, 2.05) is 22.6 Å². The maximum atomic E-state index is 12.7. The number of rotatable bonds is 3. The topological polar surface area (TPSA) is 36.4 Å². The van der Waals surface area contributed by atoms with E-state index in [2.05, 4.69) is 41.2 Å². The van der Waals surface area contributed by atoms with Gasteiger partial charge in [-0.15, -0.1) is 11.3 Å². The van der Waals surface area contributed by atoms with E-state index in [4.69, 9.17) is 0 Å². The predicted octanol–water partition coefficient (Wildman–Crippen LogP) is 2.99. The van der Waals surface area contributed by atoms with Crippen LogP contribution in [-0.2, 0) is 0 Å². The second-order valence-electron chi connectivity index (χ2n) is 5.36. The second kappa shape index (κ2) is 6.81. The third-order valence-electron chi connectivity index (χ3n) is 4.00. The Labute approximate surface area is 139 Å². The number of carbonyl (C=O) groups is 1. The van der Waals surface area contributed by atoms with E-state index in [0.717, 1.165) is 17.4 Å². The first-order valence-electron chi connectivity index (χ1n) is 7.23. The summed E-state index contributed by atoms with van der Waals surface area (Å²) in [6.45, 7) is 2.35. The van der Waals surface area contributed by atoms with Crippen molar-refractivity contribution in [2.45, 2.75) is 10.4 Å². The van der Waals surface area contributed by atoms with Crippen LogP contribution in [0, 0.1) is 0 Å². The lowest BCUT2D eigenvalue weighted by Gasteiger charge is -2.39. The van der Waals surface area contributed by atoms with Crippen molar-refractivity contribution in [1.82, 2.24) is 14.8 Å². The van der Waals surface area contributed by atoms with Crippen LogP contribution in [0.25, 0.3) is 0 Å². The molecule has 2 aromatic rings. The molecule has 0 saturated carbocycles. The lowest BCUT2D eigenvalue weighted by Crippen LogP contribution is -2.49. The fourth-order valence-electron chi connectivity index (χ4n) is 2.70. The summed E-state index contributed by atoms with van der Waals surface area (Å²) in [7, 11) is 2.12. The van der Waals surface area contributed by atoms with Crippen LogP contribution in [0.1, 0.15) is 22.1 Å². The maximum absolute atomic E-state index is 12.7. The molecule has 1 aromatic carbocycles. The monoisotopic (exact) mass is 333 g/mol. The van der Waals surface area contributed by atoms with Crippen LogP contribution in [-0.4, -0.2) is 53.6 Å². The summed E-state index contributed by atoms with van der Waals surface area (Å²) in [4.78, 5) is 21.3. The van der Waals surface area contributed by atoms with Crippen molar-refractivity contribution in [3.8, 4) is 0 Å². The molecule has 1 amide bonds. The third kappa shape index (κ3) is 3.19. The van der Waals surface area contributed by atoms with Crippen LogP contribution >= 0.6 is 23.1 Å². The second-order valence-corrected chi connectivity index (χ2v) is 7.27. The molecule has 4 nitrogen and oxygen atoms in total. The van der Waals surface area contributed by atoms with Crippen molar-refractivity contribution in [2.75, 3.05) is 32.9 Å². The highest BCUT2D eigenvalue weighted by molar-refractivity contribution is 8.00. The molecule has 0 aliphatic carbocycles. The highest BCUT2D eigenvalue weighted by Gasteiger charge is 2.29. The standard InChI is InChI=1S/C16H19N3OS2/c1-18-8-9-19(10-14(18)12-6-4-3-5-7-12)15(20)13-11-22-16(17-13)21-2/h3-7,11,14H,8-10H2,1-2H3. The number of benzene rings is 1. The zero-order valence-electron chi connectivity index (χ0n) is 12.7. The van der Waals surface area contributed by atoms with E-state index in [1.165, 1.54) is 16.9 Å². The Morgan fingerprint density at radius 1 is 1.32 bits per heavy atom. The van der Waals surface area contributed by atoms with Crippen molar-refractivity contribution in [1.29, 1.82) is 0 Å². The summed E-state index contributed by atoms with van der Waals surface area (Å²) in [6.07, 6.45) is 1.98. The van der Waals surface area contributed by atoms with Gasteiger partial charge in [0.15, 0.2) is 0 Å². The Morgan fingerprint density at radius 3 is 2.77 bits per heavy atom.